The minimum Gasteiger partial charge on any atom is -0.295 e. The van der Waals surface area contributed by atoms with Gasteiger partial charge in [0.05, 0.1) is 0 Å². The maximum absolute atomic E-state index is 11.5. The van der Waals surface area contributed by atoms with Crippen molar-refractivity contribution in [1.82, 2.24) is 0 Å². The van der Waals surface area contributed by atoms with Gasteiger partial charge in [0.1, 0.15) is 0 Å². The summed E-state index contributed by atoms with van der Waals surface area (Å²) in [5, 5.41) is 0. The molecule has 0 N–H and O–H groups in total. The van der Waals surface area contributed by atoms with Crippen molar-refractivity contribution < 1.29 is 4.79 Å². The lowest BCUT2D eigenvalue weighted by atomic mass is 9.79. The highest BCUT2D eigenvalue weighted by molar-refractivity contribution is 6.03. The van der Waals surface area contributed by atoms with Gasteiger partial charge in [-0.05, 0) is 110 Å². The summed E-state index contributed by atoms with van der Waals surface area (Å²) in [6.45, 7) is 8.76. The van der Waals surface area contributed by atoms with Gasteiger partial charge >= 0.3 is 0 Å². The molecule has 0 radical (unpaired) electrons. The minimum atomic E-state index is 0.312. The van der Waals surface area contributed by atoms with Gasteiger partial charge in [0.15, 0.2) is 5.78 Å². The molecule has 2 unspecified atom stereocenters. The third kappa shape index (κ3) is 3.65. The molecular weight excluding hydrogens is 376 g/mol. The van der Waals surface area contributed by atoms with Crippen LogP contribution in [0.3, 0.4) is 0 Å². The minimum absolute atomic E-state index is 0.312. The molecule has 31 heavy (non-hydrogen) atoms. The van der Waals surface area contributed by atoms with E-state index < -0.39 is 0 Å². The van der Waals surface area contributed by atoms with Crippen LogP contribution in [0.1, 0.15) is 63.8 Å². The first-order chi connectivity index (χ1) is 14.9. The van der Waals surface area contributed by atoms with Crippen LogP contribution in [0.25, 0.3) is 11.1 Å². The Balaban J connectivity index is 0.000000132. The first-order valence-electron chi connectivity index (χ1n) is 11.7. The molecule has 2 atom stereocenters. The van der Waals surface area contributed by atoms with E-state index in [1.165, 1.54) is 57.4 Å². The van der Waals surface area contributed by atoms with E-state index in [-0.39, 0.29) is 0 Å². The van der Waals surface area contributed by atoms with E-state index in [0.29, 0.717) is 17.6 Å². The van der Waals surface area contributed by atoms with Gasteiger partial charge in [-0.2, -0.15) is 0 Å². The molecule has 1 nitrogen and oxygen atoms in total. The molecule has 0 spiro atoms. The fourth-order valence-corrected chi connectivity index (χ4v) is 6.11. The van der Waals surface area contributed by atoms with Crippen LogP contribution in [-0.4, -0.2) is 5.78 Å². The van der Waals surface area contributed by atoms with Crippen molar-refractivity contribution >= 4 is 16.9 Å². The van der Waals surface area contributed by atoms with E-state index in [9.17, 15) is 4.79 Å². The van der Waals surface area contributed by atoms with Crippen molar-refractivity contribution in [2.45, 2.75) is 59.8 Å². The first-order valence-corrected chi connectivity index (χ1v) is 11.7. The number of rotatable bonds is 0. The molecule has 6 rings (SSSR count). The van der Waals surface area contributed by atoms with Crippen LogP contribution in [0.5, 0.6) is 0 Å². The van der Waals surface area contributed by atoms with E-state index in [2.05, 4.69) is 70.2 Å². The van der Waals surface area contributed by atoms with Crippen LogP contribution >= 0.6 is 0 Å². The monoisotopic (exact) mass is 408 g/mol. The number of ketones is 1. The summed E-state index contributed by atoms with van der Waals surface area (Å²) in [7, 11) is 0. The standard InChI is InChI=1S/C15H16O.C15H16/c1-9-5-10(2)13-4-3-11-7-12(16)8-14(11)15(13)6-9;1-10-8-11(2)13-7-6-12-4-3-5-14(12)15(13)9-10/h5-6,8,11H,3-4,7H2,1-2H3;3-5,8-9,12H,6-7H2,1-2H3. The summed E-state index contributed by atoms with van der Waals surface area (Å²) in [6.07, 6.45) is 14.3. The van der Waals surface area contributed by atoms with E-state index in [1.54, 1.807) is 11.1 Å². The van der Waals surface area contributed by atoms with Crippen LogP contribution in [-0.2, 0) is 17.6 Å². The van der Waals surface area contributed by atoms with Crippen molar-refractivity contribution in [1.29, 1.82) is 0 Å². The van der Waals surface area contributed by atoms with E-state index in [4.69, 9.17) is 0 Å². The summed E-state index contributed by atoms with van der Waals surface area (Å²) < 4.78 is 0. The fraction of sp³-hybridized carbons (Fsp3) is 0.367. The number of fused-ring (bicyclic) bond motifs is 6. The van der Waals surface area contributed by atoms with Crippen LogP contribution in [0, 0.1) is 39.5 Å². The molecule has 0 saturated carbocycles. The molecular formula is C30H32O. The predicted molar refractivity (Wildman–Crippen MR) is 130 cm³/mol. The number of benzene rings is 2. The van der Waals surface area contributed by atoms with Gasteiger partial charge in [-0.3, -0.25) is 4.79 Å². The third-order valence-electron chi connectivity index (χ3n) is 7.53. The Labute approximate surface area is 186 Å². The first kappa shape index (κ1) is 20.2. The molecule has 4 aliphatic rings. The quantitative estimate of drug-likeness (QED) is 0.457. The Morgan fingerprint density at radius 2 is 1.39 bits per heavy atom. The largest absolute Gasteiger partial charge is 0.295 e. The van der Waals surface area contributed by atoms with E-state index in [1.807, 2.05) is 6.08 Å². The summed E-state index contributed by atoms with van der Waals surface area (Å²) >= 11 is 0. The average molecular weight is 409 g/mol. The van der Waals surface area contributed by atoms with Crippen molar-refractivity contribution in [3.63, 3.8) is 0 Å². The van der Waals surface area contributed by atoms with E-state index in [0.717, 1.165) is 19.3 Å². The van der Waals surface area contributed by atoms with Crippen molar-refractivity contribution in [2.75, 3.05) is 0 Å². The second-order valence-corrected chi connectivity index (χ2v) is 9.87. The van der Waals surface area contributed by atoms with Crippen molar-refractivity contribution in [2.24, 2.45) is 11.8 Å². The van der Waals surface area contributed by atoms with Gasteiger partial charge in [-0.1, -0.05) is 53.6 Å². The molecule has 4 aliphatic carbocycles. The maximum atomic E-state index is 11.5. The summed E-state index contributed by atoms with van der Waals surface area (Å²) in [4.78, 5) is 11.5. The van der Waals surface area contributed by atoms with E-state index >= 15 is 0 Å². The van der Waals surface area contributed by atoms with Crippen LogP contribution in [0.2, 0.25) is 0 Å². The Kier molecular flexibility index (Phi) is 5.08. The predicted octanol–water partition coefficient (Wildman–Crippen LogP) is 7.04. The molecule has 0 amide bonds. The number of allylic oxidation sites excluding steroid dienone is 6. The zero-order chi connectivity index (χ0) is 21.7. The summed E-state index contributed by atoms with van der Waals surface area (Å²) in [5.41, 5.74) is 14.3. The Hall–Kier alpha value is -2.67. The summed E-state index contributed by atoms with van der Waals surface area (Å²) in [5.74, 6) is 1.51. The number of hydrogen-bond acceptors (Lipinski definition) is 1. The second kappa shape index (κ2) is 7.79. The van der Waals surface area contributed by atoms with Gasteiger partial charge in [0, 0.05) is 12.3 Å². The smallest absolute Gasteiger partial charge is 0.156 e. The Bertz CT molecular complexity index is 1170. The molecule has 0 heterocycles. The molecule has 2 aromatic rings. The molecule has 0 saturated heterocycles. The van der Waals surface area contributed by atoms with Gasteiger partial charge in [0.2, 0.25) is 0 Å². The SMILES string of the molecule is Cc1cc(C)c2c(c1)C1=CC(=O)CC1CC2.Cc1cc(C)c2c(c1)C1=CC=CC1CC2. The molecule has 0 aliphatic heterocycles. The topological polar surface area (TPSA) is 17.1 Å². The van der Waals surface area contributed by atoms with Crippen LogP contribution < -0.4 is 0 Å². The highest BCUT2D eigenvalue weighted by Gasteiger charge is 2.31. The fourth-order valence-electron chi connectivity index (χ4n) is 6.11. The number of carbonyl (C=O) groups excluding carboxylic acids is 1. The van der Waals surface area contributed by atoms with Crippen molar-refractivity contribution in [3.05, 3.63) is 93.1 Å². The number of hydrogen-bond donors (Lipinski definition) is 0. The molecule has 0 fully saturated rings. The molecule has 0 bridgehead atoms. The molecule has 0 aromatic heterocycles. The average Bonchev–Trinajstić information content (AvgIpc) is 3.34. The molecule has 158 valence electrons. The highest BCUT2D eigenvalue weighted by Crippen LogP contribution is 2.43. The van der Waals surface area contributed by atoms with Gasteiger partial charge in [-0.15, -0.1) is 0 Å². The number of carbonyl (C=O) groups is 1. The van der Waals surface area contributed by atoms with Crippen LogP contribution in [0.15, 0.2) is 48.6 Å². The molecule has 1 heteroatoms. The lowest BCUT2D eigenvalue weighted by Crippen LogP contribution is -2.12. The summed E-state index contributed by atoms with van der Waals surface area (Å²) in [6, 6.07) is 9.16. The highest BCUT2D eigenvalue weighted by atomic mass is 16.1. The normalized spacial score (nSPS) is 22.5. The second-order valence-electron chi connectivity index (χ2n) is 9.87. The van der Waals surface area contributed by atoms with Crippen molar-refractivity contribution in [3.8, 4) is 0 Å². The van der Waals surface area contributed by atoms with Gasteiger partial charge in [-0.25, -0.2) is 0 Å². The lowest BCUT2D eigenvalue weighted by Gasteiger charge is -2.25. The van der Waals surface area contributed by atoms with Crippen LogP contribution in [0.4, 0.5) is 0 Å². The van der Waals surface area contributed by atoms with Gasteiger partial charge in [0.25, 0.3) is 0 Å². The number of aryl methyl sites for hydroxylation is 4. The molecule has 2 aromatic carbocycles. The zero-order valence-electron chi connectivity index (χ0n) is 19.2. The Morgan fingerprint density at radius 3 is 2.06 bits per heavy atom. The lowest BCUT2D eigenvalue weighted by molar-refractivity contribution is -0.114. The zero-order valence-corrected chi connectivity index (χ0v) is 19.2. The Morgan fingerprint density at radius 1 is 0.774 bits per heavy atom. The maximum Gasteiger partial charge on any atom is 0.156 e. The third-order valence-corrected chi connectivity index (χ3v) is 7.53. The van der Waals surface area contributed by atoms with Gasteiger partial charge < -0.3 is 0 Å².